The minimum absolute atomic E-state index is 0.232. The number of nitrogens with one attached hydrogen (secondary N) is 2. The molecule has 0 saturated heterocycles. The first-order chi connectivity index (χ1) is 6.66. The summed E-state index contributed by atoms with van der Waals surface area (Å²) in [5, 5.41) is 8.31. The molecular formula is C6H10F3N3O2S. The molecule has 0 aromatic rings. The van der Waals surface area contributed by atoms with Crippen molar-refractivity contribution in [1.82, 2.24) is 9.44 Å². The van der Waals surface area contributed by atoms with Crippen LogP contribution in [0.25, 0.3) is 0 Å². The second kappa shape index (κ2) is 5.29. The summed E-state index contributed by atoms with van der Waals surface area (Å²) in [5.74, 6) is -0.604. The Kier molecular flexibility index (Phi) is 4.99. The van der Waals surface area contributed by atoms with E-state index in [-0.39, 0.29) is 6.54 Å². The summed E-state index contributed by atoms with van der Waals surface area (Å²) in [6.45, 7) is -0.431. The molecule has 0 saturated carbocycles. The second-order valence-electron chi connectivity index (χ2n) is 2.82. The number of alkyl halides is 3. The number of nitrogens with zero attached hydrogens (tertiary/aromatic N) is 1. The molecule has 0 aliphatic heterocycles. The molecule has 1 unspecified atom stereocenters. The van der Waals surface area contributed by atoms with Gasteiger partial charge in [-0.25, -0.2) is 4.72 Å². The third kappa shape index (κ3) is 8.17. The largest absolute Gasteiger partial charge is 0.402 e. The molecule has 0 aromatic heterocycles. The van der Waals surface area contributed by atoms with Crippen LogP contribution in [0.3, 0.4) is 0 Å². The zero-order valence-corrected chi connectivity index (χ0v) is 8.61. The van der Waals surface area contributed by atoms with E-state index in [0.29, 0.717) is 0 Å². The van der Waals surface area contributed by atoms with Gasteiger partial charge in [0, 0.05) is 6.54 Å². The lowest BCUT2D eigenvalue weighted by molar-refractivity contribution is -0.121. The van der Waals surface area contributed by atoms with Crippen molar-refractivity contribution in [3.63, 3.8) is 0 Å². The first kappa shape index (κ1) is 14.2. The predicted octanol–water partition coefficient (Wildman–Crippen LogP) is 0.132. The molecule has 9 heteroatoms. The van der Waals surface area contributed by atoms with E-state index >= 15 is 0 Å². The predicted molar refractivity (Wildman–Crippen MR) is 45.8 cm³/mol. The van der Waals surface area contributed by atoms with Crippen LogP contribution in [0.4, 0.5) is 13.2 Å². The maximum atomic E-state index is 11.6. The summed E-state index contributed by atoms with van der Waals surface area (Å²) in [4.78, 5) is 0. The number of hydrogen-bond donors (Lipinski definition) is 2. The molecular weight excluding hydrogens is 235 g/mol. The fourth-order valence-electron chi connectivity index (χ4n) is 0.508. The summed E-state index contributed by atoms with van der Waals surface area (Å²) >= 11 is 0. The SMILES string of the molecule is CC(C#N)CNS(=O)(=O)NCC(F)(F)F. The normalized spacial score (nSPS) is 14.6. The molecule has 2 N–H and O–H groups in total. The molecule has 88 valence electrons. The van der Waals surface area contributed by atoms with Gasteiger partial charge in [0.2, 0.25) is 0 Å². The van der Waals surface area contributed by atoms with E-state index in [1.54, 1.807) is 6.07 Å². The Morgan fingerprint density at radius 1 is 1.40 bits per heavy atom. The van der Waals surface area contributed by atoms with Gasteiger partial charge in [0.25, 0.3) is 10.2 Å². The molecule has 0 fully saturated rings. The van der Waals surface area contributed by atoms with Crippen LogP contribution in [0.15, 0.2) is 0 Å². The maximum Gasteiger partial charge on any atom is 0.402 e. The Morgan fingerprint density at radius 3 is 2.33 bits per heavy atom. The van der Waals surface area contributed by atoms with Crippen molar-refractivity contribution < 1.29 is 21.6 Å². The van der Waals surface area contributed by atoms with Gasteiger partial charge in [-0.3, -0.25) is 0 Å². The highest BCUT2D eigenvalue weighted by molar-refractivity contribution is 7.87. The smallest absolute Gasteiger partial charge is 0.201 e. The highest BCUT2D eigenvalue weighted by atomic mass is 32.2. The quantitative estimate of drug-likeness (QED) is 0.722. The van der Waals surface area contributed by atoms with Crippen molar-refractivity contribution in [3.8, 4) is 6.07 Å². The van der Waals surface area contributed by atoms with Crippen molar-refractivity contribution in [2.75, 3.05) is 13.1 Å². The van der Waals surface area contributed by atoms with Gasteiger partial charge in [-0.1, -0.05) is 0 Å². The van der Waals surface area contributed by atoms with Gasteiger partial charge in [-0.2, -0.15) is 31.6 Å². The molecule has 0 heterocycles. The van der Waals surface area contributed by atoms with Gasteiger partial charge in [-0.05, 0) is 6.92 Å². The molecule has 0 spiro atoms. The average molecular weight is 245 g/mol. The maximum absolute atomic E-state index is 11.6. The lowest BCUT2D eigenvalue weighted by Crippen LogP contribution is -2.42. The van der Waals surface area contributed by atoms with E-state index in [4.69, 9.17) is 5.26 Å². The van der Waals surface area contributed by atoms with Crippen molar-refractivity contribution in [2.24, 2.45) is 5.92 Å². The molecule has 0 aliphatic rings. The molecule has 0 rings (SSSR count). The first-order valence-corrected chi connectivity index (χ1v) is 5.35. The van der Waals surface area contributed by atoms with Crippen LogP contribution >= 0.6 is 0 Å². The van der Waals surface area contributed by atoms with Crippen molar-refractivity contribution >= 4 is 10.2 Å². The summed E-state index contributed by atoms with van der Waals surface area (Å²) in [7, 11) is -4.19. The van der Waals surface area contributed by atoms with E-state index in [1.165, 1.54) is 11.6 Å². The highest BCUT2D eigenvalue weighted by Gasteiger charge is 2.29. The third-order valence-electron chi connectivity index (χ3n) is 1.26. The van der Waals surface area contributed by atoms with Crippen LogP contribution in [0.5, 0.6) is 0 Å². The van der Waals surface area contributed by atoms with Gasteiger partial charge in [0.05, 0.1) is 12.0 Å². The van der Waals surface area contributed by atoms with E-state index < -0.39 is 28.8 Å². The Balaban J connectivity index is 4.06. The van der Waals surface area contributed by atoms with Crippen LogP contribution < -0.4 is 9.44 Å². The second-order valence-corrected chi connectivity index (χ2v) is 4.40. The van der Waals surface area contributed by atoms with Crippen LogP contribution in [0, 0.1) is 17.2 Å². The molecule has 1 atom stereocenters. The third-order valence-corrected chi connectivity index (χ3v) is 2.33. The van der Waals surface area contributed by atoms with E-state index in [9.17, 15) is 21.6 Å². The highest BCUT2D eigenvalue weighted by Crippen LogP contribution is 2.12. The molecule has 0 amide bonds. The average Bonchev–Trinajstić information content (AvgIpc) is 2.10. The number of hydrogen-bond acceptors (Lipinski definition) is 3. The molecule has 0 bridgehead atoms. The van der Waals surface area contributed by atoms with Crippen molar-refractivity contribution in [2.45, 2.75) is 13.1 Å². The molecule has 0 aliphatic carbocycles. The molecule has 0 radical (unpaired) electrons. The molecule has 0 aromatic carbocycles. The molecule has 5 nitrogen and oxygen atoms in total. The van der Waals surface area contributed by atoms with Crippen LogP contribution in [0.2, 0.25) is 0 Å². The number of halogens is 3. The fourth-order valence-corrected chi connectivity index (χ4v) is 1.43. The summed E-state index contributed by atoms with van der Waals surface area (Å²) < 4.78 is 59.8. The standard InChI is InChI=1S/C6H10F3N3O2S/c1-5(2-10)3-11-15(13,14)12-4-6(7,8)9/h5,11-12H,3-4H2,1H3. The van der Waals surface area contributed by atoms with Gasteiger partial charge in [-0.15, -0.1) is 0 Å². The van der Waals surface area contributed by atoms with E-state index in [0.717, 1.165) is 0 Å². The van der Waals surface area contributed by atoms with Gasteiger partial charge in [0.15, 0.2) is 0 Å². The Bertz CT molecular complexity index is 333. The lowest BCUT2D eigenvalue weighted by Gasteiger charge is -2.10. The number of rotatable bonds is 5. The Hall–Kier alpha value is -0.850. The van der Waals surface area contributed by atoms with Crippen molar-refractivity contribution in [3.05, 3.63) is 0 Å². The fraction of sp³-hybridized carbons (Fsp3) is 0.833. The van der Waals surface area contributed by atoms with Gasteiger partial charge >= 0.3 is 6.18 Å². The minimum atomic E-state index is -4.60. The minimum Gasteiger partial charge on any atom is -0.201 e. The summed E-state index contributed by atoms with van der Waals surface area (Å²) in [6.07, 6.45) is -4.60. The van der Waals surface area contributed by atoms with Crippen molar-refractivity contribution in [1.29, 1.82) is 5.26 Å². The topological polar surface area (TPSA) is 82.0 Å². The Morgan fingerprint density at radius 2 is 1.93 bits per heavy atom. The monoisotopic (exact) mass is 245 g/mol. The zero-order valence-electron chi connectivity index (χ0n) is 7.80. The van der Waals surface area contributed by atoms with Gasteiger partial charge in [0.1, 0.15) is 6.54 Å². The van der Waals surface area contributed by atoms with E-state index in [1.807, 2.05) is 4.72 Å². The first-order valence-electron chi connectivity index (χ1n) is 3.87. The zero-order chi connectivity index (χ0) is 12.1. The van der Waals surface area contributed by atoms with Gasteiger partial charge < -0.3 is 0 Å². The number of nitriles is 1. The summed E-state index contributed by atoms with van der Waals surface area (Å²) in [6, 6.07) is 1.73. The van der Waals surface area contributed by atoms with Crippen LogP contribution in [-0.2, 0) is 10.2 Å². The van der Waals surface area contributed by atoms with Crippen LogP contribution in [0.1, 0.15) is 6.92 Å². The summed E-state index contributed by atoms with van der Waals surface area (Å²) in [5.41, 5.74) is 0. The van der Waals surface area contributed by atoms with Crippen LogP contribution in [-0.4, -0.2) is 27.7 Å². The Labute approximate surface area is 85.4 Å². The lowest BCUT2D eigenvalue weighted by atomic mass is 10.2. The van der Waals surface area contributed by atoms with E-state index in [2.05, 4.69) is 0 Å². The molecule has 15 heavy (non-hydrogen) atoms.